The second kappa shape index (κ2) is 3.26. The fraction of sp³-hybridized carbons (Fsp3) is 1.00. The van der Waals surface area contributed by atoms with E-state index in [0.29, 0.717) is 0 Å². The molecule has 2 nitrogen and oxygen atoms in total. The van der Waals surface area contributed by atoms with E-state index in [4.69, 9.17) is 3.76 Å². The Labute approximate surface area is 65.3 Å². The van der Waals surface area contributed by atoms with Gasteiger partial charge in [0.15, 0.2) is 0 Å². The van der Waals surface area contributed by atoms with Gasteiger partial charge in [-0.05, 0) is 0 Å². The van der Waals surface area contributed by atoms with Crippen molar-refractivity contribution in [1.82, 2.24) is 3.72 Å². The van der Waals surface area contributed by atoms with E-state index in [1.807, 2.05) is 7.05 Å². The molecular formula is C7H20N2Ta. The first-order valence-electron chi connectivity index (χ1n) is 4.02. The van der Waals surface area contributed by atoms with Crippen LogP contribution in [0, 0.1) is 3.76 Å². The molecule has 0 aromatic rings. The molecule has 0 radical (unpaired) electrons. The van der Waals surface area contributed by atoms with Gasteiger partial charge in [-0.1, -0.05) is 0 Å². The molecule has 0 aliphatic carbocycles. The molecule has 0 unspecified atom stereocenters. The Balaban J connectivity index is 4.62. The molecule has 0 aliphatic rings. The van der Waals surface area contributed by atoms with Crippen molar-refractivity contribution >= 4 is 0 Å². The summed E-state index contributed by atoms with van der Waals surface area (Å²) in [6.45, 7) is 6.47. The molecule has 0 aromatic heterocycles. The summed E-state index contributed by atoms with van der Waals surface area (Å²) < 4.78 is 14.9. The van der Waals surface area contributed by atoms with Gasteiger partial charge >= 0.3 is 65.1 Å². The van der Waals surface area contributed by atoms with Gasteiger partial charge in [0.25, 0.3) is 0 Å². The van der Waals surface area contributed by atoms with Crippen molar-refractivity contribution in [1.29, 1.82) is 3.76 Å². The molecule has 0 aliphatic heterocycles. The van der Waals surface area contributed by atoms with E-state index in [1.165, 1.54) is 0 Å². The van der Waals surface area contributed by atoms with Crippen LogP contribution in [0.2, 0.25) is 13.9 Å². The van der Waals surface area contributed by atoms with E-state index in [1.54, 1.807) is 0 Å². The van der Waals surface area contributed by atoms with Crippen LogP contribution in [0.3, 0.4) is 0 Å². The SMILES string of the molecule is C[CH2][Ta](=[NH])([CH2]C)([CH2]C)[NH]C. The second-order valence-corrected chi connectivity index (χ2v) is 23.8. The average Bonchev–Trinajstić information content (AvgIpc) is 2.04. The molecule has 0 saturated heterocycles. The molecule has 0 saturated carbocycles. The van der Waals surface area contributed by atoms with Gasteiger partial charge in [0.1, 0.15) is 0 Å². The van der Waals surface area contributed by atoms with E-state index >= 15 is 0 Å². The average molecular weight is 313 g/mol. The first-order chi connectivity index (χ1) is 4.54. The summed E-state index contributed by atoms with van der Waals surface area (Å²) in [7, 11) is 1.97. The van der Waals surface area contributed by atoms with E-state index in [0.717, 1.165) is 13.9 Å². The molecule has 3 heteroatoms. The zero-order valence-corrected chi connectivity index (χ0v) is 10.8. The zero-order chi connectivity index (χ0) is 8.28. The van der Waals surface area contributed by atoms with Gasteiger partial charge in [0, 0.05) is 0 Å². The number of hydrogen-bond donors (Lipinski definition) is 2. The Morgan fingerprint density at radius 2 is 1.40 bits per heavy atom. The standard InChI is InChI=1S/3C2H5.CH4N.HN.Ta/c4*1-2;;/h3*1H2,2H3;2H,1H3;1H;/q;;;-1;;+1. The summed E-state index contributed by atoms with van der Waals surface area (Å²) in [6.07, 6.45) is 0. The van der Waals surface area contributed by atoms with Crippen molar-refractivity contribution in [2.75, 3.05) is 7.05 Å². The van der Waals surface area contributed by atoms with Gasteiger partial charge in [0.2, 0.25) is 0 Å². The molecule has 10 heavy (non-hydrogen) atoms. The summed E-state index contributed by atoms with van der Waals surface area (Å²) >= 11 is -3.05. The molecule has 0 fully saturated rings. The van der Waals surface area contributed by atoms with E-state index < -0.39 is 15.9 Å². The maximum atomic E-state index is 8.37. The van der Waals surface area contributed by atoms with Crippen LogP contribution in [0.5, 0.6) is 0 Å². The van der Waals surface area contributed by atoms with Gasteiger partial charge in [-0.3, -0.25) is 0 Å². The minimum absolute atomic E-state index is 1.08. The Morgan fingerprint density at radius 3 is 1.40 bits per heavy atom. The fourth-order valence-corrected chi connectivity index (χ4v) is 9.37. The van der Waals surface area contributed by atoms with Crippen LogP contribution in [0.25, 0.3) is 0 Å². The Bertz CT molecular complexity index is 125. The Morgan fingerprint density at radius 1 is 1.10 bits per heavy atom. The third-order valence-corrected chi connectivity index (χ3v) is 23.5. The van der Waals surface area contributed by atoms with Crippen LogP contribution < -0.4 is 3.72 Å². The summed E-state index contributed by atoms with van der Waals surface area (Å²) in [6, 6.07) is 0. The van der Waals surface area contributed by atoms with Crippen molar-refractivity contribution in [3.8, 4) is 0 Å². The van der Waals surface area contributed by atoms with E-state index in [9.17, 15) is 0 Å². The number of nitrogens with one attached hydrogen (secondary N) is 2. The van der Waals surface area contributed by atoms with E-state index in [2.05, 4.69) is 24.5 Å². The van der Waals surface area contributed by atoms with Gasteiger partial charge in [-0.25, -0.2) is 0 Å². The predicted molar refractivity (Wildman–Crippen MR) is 43.2 cm³/mol. The molecule has 0 amide bonds. The molecule has 0 heterocycles. The van der Waals surface area contributed by atoms with Gasteiger partial charge in [-0.2, -0.15) is 0 Å². The molecular weight excluding hydrogens is 293 g/mol. The molecule has 2 N–H and O–H groups in total. The maximum absolute atomic E-state index is 8.37. The summed E-state index contributed by atoms with van der Waals surface area (Å²) in [4.78, 5) is 0. The molecule has 0 bridgehead atoms. The normalized spacial score (nSPS) is 16.2. The quantitative estimate of drug-likeness (QED) is 0.822. The van der Waals surface area contributed by atoms with Crippen molar-refractivity contribution < 1.29 is 15.9 Å². The first-order valence-corrected chi connectivity index (χ1v) is 14.0. The van der Waals surface area contributed by atoms with Crippen LogP contribution >= 0.6 is 0 Å². The van der Waals surface area contributed by atoms with Gasteiger partial charge in [0.05, 0.1) is 0 Å². The molecule has 0 spiro atoms. The fourth-order valence-electron chi connectivity index (χ4n) is 1.15. The summed E-state index contributed by atoms with van der Waals surface area (Å²) in [5, 5.41) is 0. The summed E-state index contributed by atoms with van der Waals surface area (Å²) in [5.74, 6) is 0. The molecule has 63 valence electrons. The van der Waals surface area contributed by atoms with Crippen LogP contribution in [-0.4, -0.2) is 7.05 Å². The second-order valence-electron chi connectivity index (χ2n) is 2.90. The topological polar surface area (TPSA) is 35.9 Å². The van der Waals surface area contributed by atoms with Crippen LogP contribution in [0.1, 0.15) is 20.8 Å². The van der Waals surface area contributed by atoms with Gasteiger partial charge < -0.3 is 0 Å². The van der Waals surface area contributed by atoms with Crippen LogP contribution in [-0.2, 0) is 15.9 Å². The molecule has 0 atom stereocenters. The van der Waals surface area contributed by atoms with E-state index in [-0.39, 0.29) is 0 Å². The zero-order valence-electron chi connectivity index (χ0n) is 7.57. The Hall–Kier alpha value is 0.500. The van der Waals surface area contributed by atoms with Crippen LogP contribution in [0.15, 0.2) is 0 Å². The molecule has 0 rings (SSSR count). The minimum atomic E-state index is -3.05. The third kappa shape index (κ3) is 1.76. The first kappa shape index (κ1) is 10.5. The molecule has 0 aromatic carbocycles. The Kier molecular flexibility index (Phi) is 3.43. The predicted octanol–water partition coefficient (Wildman–Crippen LogP) is 2.89. The number of hydrogen-bond acceptors (Lipinski definition) is 1. The van der Waals surface area contributed by atoms with Crippen molar-refractivity contribution in [2.24, 2.45) is 0 Å². The van der Waals surface area contributed by atoms with Crippen molar-refractivity contribution in [3.63, 3.8) is 0 Å². The van der Waals surface area contributed by atoms with Crippen molar-refractivity contribution in [2.45, 2.75) is 34.7 Å². The third-order valence-electron chi connectivity index (χ3n) is 2.88. The van der Waals surface area contributed by atoms with Gasteiger partial charge in [-0.15, -0.1) is 0 Å². The monoisotopic (exact) mass is 313 g/mol. The summed E-state index contributed by atoms with van der Waals surface area (Å²) in [5.41, 5.74) is 0. The number of rotatable bonds is 4. The van der Waals surface area contributed by atoms with Crippen LogP contribution in [0.4, 0.5) is 0 Å². The van der Waals surface area contributed by atoms with Crippen molar-refractivity contribution in [3.05, 3.63) is 0 Å².